The second-order valence-corrected chi connectivity index (χ2v) is 16.2. The summed E-state index contributed by atoms with van der Waals surface area (Å²) < 4.78 is 4.81. The van der Waals surface area contributed by atoms with Crippen molar-refractivity contribution in [1.29, 1.82) is 0 Å². The molecule has 0 amide bonds. The number of rotatable bonds is 6. The minimum Gasteiger partial charge on any atom is -0.277 e. The van der Waals surface area contributed by atoms with Gasteiger partial charge >= 0.3 is 0 Å². The molecule has 0 bridgehead atoms. The van der Waals surface area contributed by atoms with Crippen LogP contribution >= 0.6 is 11.3 Å². The Labute approximate surface area is 350 Å². The lowest BCUT2D eigenvalue weighted by Gasteiger charge is -2.14. The number of nitrogens with zero attached hydrogens (tertiary/aromatic N) is 4. The maximum Gasteiger partial charge on any atom is 0.238 e. The molecule has 3 heterocycles. The van der Waals surface area contributed by atoms with Gasteiger partial charge in [0.1, 0.15) is 0 Å². The van der Waals surface area contributed by atoms with E-state index in [9.17, 15) is 0 Å². The largest absolute Gasteiger partial charge is 0.277 e. The summed E-state index contributed by atoms with van der Waals surface area (Å²) in [5, 5.41) is 7.41. The van der Waals surface area contributed by atoms with E-state index in [0.717, 1.165) is 49.6 Å². The molecule has 60 heavy (non-hydrogen) atoms. The van der Waals surface area contributed by atoms with E-state index in [1.807, 2.05) is 23.5 Å². The first kappa shape index (κ1) is 34.3. The van der Waals surface area contributed by atoms with Gasteiger partial charge in [-0.15, -0.1) is 11.3 Å². The quantitative estimate of drug-likeness (QED) is 0.169. The number of fused-ring (bicyclic) bond motifs is 8. The fourth-order valence-electron chi connectivity index (χ4n) is 8.83. The molecule has 12 rings (SSSR count). The molecule has 0 unspecified atom stereocenters. The molecular weight excluding hydrogens is 749 g/mol. The van der Waals surface area contributed by atoms with Crippen LogP contribution in [-0.2, 0) is 0 Å². The second kappa shape index (κ2) is 14.0. The van der Waals surface area contributed by atoms with Crippen LogP contribution in [0.4, 0.5) is 0 Å². The summed E-state index contributed by atoms with van der Waals surface area (Å²) in [6.45, 7) is 0. The highest BCUT2D eigenvalue weighted by Crippen LogP contribution is 2.46. The SMILES string of the molecule is c1ccc(-c2ccc(-c3nc(-c4ccc(-c5ccccc5)cc4)nc(-n4c5ccccc5c5cccc(-c6cccc7c6sc6ccc8ccccc8c67)c54)n3)cc2)cc1. The first-order chi connectivity index (χ1) is 29.7. The third-order valence-corrected chi connectivity index (χ3v) is 12.9. The van der Waals surface area contributed by atoms with Crippen LogP contribution in [0.15, 0.2) is 206 Å². The molecule has 0 aliphatic carbocycles. The number of hydrogen-bond donors (Lipinski definition) is 0. The number of para-hydroxylation sites is 2. The lowest BCUT2D eigenvalue weighted by molar-refractivity contribution is 0.954. The van der Waals surface area contributed by atoms with E-state index in [1.165, 1.54) is 47.6 Å². The molecule has 0 saturated carbocycles. The Morgan fingerprint density at radius 2 is 0.867 bits per heavy atom. The third-order valence-electron chi connectivity index (χ3n) is 11.7. The first-order valence-electron chi connectivity index (χ1n) is 20.2. The van der Waals surface area contributed by atoms with E-state index in [1.54, 1.807) is 0 Å². The van der Waals surface area contributed by atoms with Crippen LogP contribution in [-0.4, -0.2) is 19.5 Å². The highest BCUT2D eigenvalue weighted by Gasteiger charge is 2.22. The third kappa shape index (κ3) is 5.63. The van der Waals surface area contributed by atoms with Crippen molar-refractivity contribution in [3.05, 3.63) is 206 Å². The van der Waals surface area contributed by atoms with E-state index >= 15 is 0 Å². The van der Waals surface area contributed by atoms with Gasteiger partial charge in [0.25, 0.3) is 0 Å². The molecular formula is C55H34N4S. The molecule has 12 aromatic rings. The number of aromatic nitrogens is 4. The molecule has 0 aliphatic rings. The van der Waals surface area contributed by atoms with E-state index in [0.29, 0.717) is 17.6 Å². The molecule has 0 N–H and O–H groups in total. The van der Waals surface area contributed by atoms with Gasteiger partial charge < -0.3 is 0 Å². The average molecular weight is 783 g/mol. The van der Waals surface area contributed by atoms with Crippen molar-refractivity contribution >= 4 is 64.1 Å². The minimum absolute atomic E-state index is 0.572. The fourth-order valence-corrected chi connectivity index (χ4v) is 10.1. The summed E-state index contributed by atoms with van der Waals surface area (Å²) in [5.74, 6) is 1.80. The maximum atomic E-state index is 5.35. The average Bonchev–Trinajstić information content (AvgIpc) is 3.89. The van der Waals surface area contributed by atoms with E-state index in [2.05, 4.69) is 199 Å². The van der Waals surface area contributed by atoms with Gasteiger partial charge in [-0.05, 0) is 45.2 Å². The van der Waals surface area contributed by atoms with Crippen LogP contribution in [0.1, 0.15) is 0 Å². The molecule has 4 nitrogen and oxygen atoms in total. The number of benzene rings is 9. The number of thiophene rings is 1. The molecule has 0 atom stereocenters. The van der Waals surface area contributed by atoms with Crippen molar-refractivity contribution in [2.24, 2.45) is 0 Å². The Balaban J connectivity index is 1.10. The van der Waals surface area contributed by atoms with Crippen molar-refractivity contribution in [2.75, 3.05) is 0 Å². The Bertz CT molecular complexity index is 3470. The van der Waals surface area contributed by atoms with Crippen LogP contribution in [0, 0.1) is 0 Å². The van der Waals surface area contributed by atoms with Crippen molar-refractivity contribution in [1.82, 2.24) is 19.5 Å². The molecule has 3 aromatic heterocycles. The fraction of sp³-hybridized carbons (Fsp3) is 0. The molecule has 0 fully saturated rings. The summed E-state index contributed by atoms with van der Waals surface area (Å²) in [6, 6.07) is 73.2. The molecule has 0 radical (unpaired) electrons. The first-order valence-corrected chi connectivity index (χ1v) is 21.0. The Hall–Kier alpha value is -7.73. The van der Waals surface area contributed by atoms with Crippen molar-refractivity contribution in [3.63, 3.8) is 0 Å². The zero-order chi connectivity index (χ0) is 39.6. The normalized spacial score (nSPS) is 11.7. The molecule has 5 heteroatoms. The van der Waals surface area contributed by atoms with Crippen LogP contribution < -0.4 is 0 Å². The van der Waals surface area contributed by atoms with Gasteiger partial charge in [-0.2, -0.15) is 9.97 Å². The zero-order valence-corrected chi connectivity index (χ0v) is 33.1. The Morgan fingerprint density at radius 1 is 0.350 bits per heavy atom. The highest BCUT2D eigenvalue weighted by molar-refractivity contribution is 7.26. The van der Waals surface area contributed by atoms with Gasteiger partial charge in [-0.25, -0.2) is 4.98 Å². The van der Waals surface area contributed by atoms with E-state index < -0.39 is 0 Å². The van der Waals surface area contributed by atoms with E-state index in [4.69, 9.17) is 15.0 Å². The van der Waals surface area contributed by atoms with Gasteiger partial charge in [0.2, 0.25) is 5.95 Å². The van der Waals surface area contributed by atoms with Gasteiger partial charge in [-0.3, -0.25) is 4.57 Å². The summed E-state index contributed by atoms with van der Waals surface area (Å²) in [7, 11) is 0. The molecule has 9 aromatic carbocycles. The van der Waals surface area contributed by atoms with Crippen molar-refractivity contribution in [3.8, 4) is 62.1 Å². The Kier molecular flexibility index (Phi) is 8.00. The molecule has 280 valence electrons. The second-order valence-electron chi connectivity index (χ2n) is 15.2. The zero-order valence-electron chi connectivity index (χ0n) is 32.3. The summed E-state index contributed by atoms with van der Waals surface area (Å²) in [5.41, 5.74) is 10.9. The summed E-state index contributed by atoms with van der Waals surface area (Å²) in [4.78, 5) is 15.9. The molecule has 0 saturated heterocycles. The monoisotopic (exact) mass is 782 g/mol. The number of hydrogen-bond acceptors (Lipinski definition) is 4. The minimum atomic E-state index is 0.572. The Morgan fingerprint density at radius 3 is 1.53 bits per heavy atom. The smallest absolute Gasteiger partial charge is 0.238 e. The topological polar surface area (TPSA) is 43.6 Å². The predicted molar refractivity (Wildman–Crippen MR) is 252 cm³/mol. The van der Waals surface area contributed by atoms with Gasteiger partial charge in [0.05, 0.1) is 11.0 Å². The predicted octanol–water partition coefficient (Wildman–Crippen LogP) is 14.8. The van der Waals surface area contributed by atoms with Gasteiger partial charge in [0.15, 0.2) is 11.6 Å². The van der Waals surface area contributed by atoms with Crippen LogP contribution in [0.25, 0.3) is 115 Å². The standard InChI is InChI=1S/C55H34N4S/c1-3-13-35(14-4-1)37-25-29-40(30-26-37)53-56-54(41-31-27-38(28-32-41)36-15-5-2-6-16-36)58-55(57-53)59-48-24-10-9-19-43(48)44-20-11-21-45(51(44)59)46-22-12-23-47-50-42-18-8-7-17-39(42)33-34-49(50)60-52(46)47/h1-34H. The van der Waals surface area contributed by atoms with Crippen LogP contribution in [0.2, 0.25) is 0 Å². The van der Waals surface area contributed by atoms with Gasteiger partial charge in [0, 0.05) is 53.2 Å². The van der Waals surface area contributed by atoms with Crippen LogP contribution in [0.5, 0.6) is 0 Å². The summed E-state index contributed by atoms with van der Waals surface area (Å²) in [6.07, 6.45) is 0. The van der Waals surface area contributed by atoms with Crippen LogP contribution in [0.3, 0.4) is 0 Å². The molecule has 0 spiro atoms. The lowest BCUT2D eigenvalue weighted by atomic mass is 9.98. The van der Waals surface area contributed by atoms with Gasteiger partial charge in [-0.1, -0.05) is 194 Å². The molecule has 0 aliphatic heterocycles. The van der Waals surface area contributed by atoms with E-state index in [-0.39, 0.29) is 0 Å². The van der Waals surface area contributed by atoms with Crippen molar-refractivity contribution in [2.45, 2.75) is 0 Å². The maximum absolute atomic E-state index is 5.35. The highest BCUT2D eigenvalue weighted by atomic mass is 32.1. The van der Waals surface area contributed by atoms with Crippen molar-refractivity contribution < 1.29 is 0 Å². The summed E-state index contributed by atoms with van der Waals surface area (Å²) >= 11 is 1.86. The lowest BCUT2D eigenvalue weighted by Crippen LogP contribution is -2.07.